The van der Waals surface area contributed by atoms with Crippen molar-refractivity contribution in [3.63, 3.8) is 0 Å². The molecule has 0 spiro atoms. The summed E-state index contributed by atoms with van der Waals surface area (Å²) in [6.07, 6.45) is 0.786. The van der Waals surface area contributed by atoms with E-state index < -0.39 is 0 Å². The van der Waals surface area contributed by atoms with E-state index in [1.807, 2.05) is 37.3 Å². The van der Waals surface area contributed by atoms with E-state index in [1.165, 1.54) is 6.07 Å². The Labute approximate surface area is 133 Å². The summed E-state index contributed by atoms with van der Waals surface area (Å²) in [5.74, 6) is -0.216. The van der Waals surface area contributed by atoms with Crippen molar-refractivity contribution in [3.05, 3.63) is 71.2 Å². The average molecular weight is 308 g/mol. The van der Waals surface area contributed by atoms with Gasteiger partial charge in [0.2, 0.25) is 0 Å². The van der Waals surface area contributed by atoms with Crippen molar-refractivity contribution in [2.24, 2.45) is 0 Å². The predicted molar refractivity (Wildman–Crippen MR) is 88.0 cm³/mol. The van der Waals surface area contributed by atoms with Crippen molar-refractivity contribution in [2.45, 2.75) is 25.3 Å². The van der Waals surface area contributed by atoms with Crippen LogP contribution in [-0.4, -0.2) is 16.9 Å². The molecule has 3 aromatic rings. The number of aromatic amines is 1. The average Bonchev–Trinajstić information content (AvgIpc) is 3.19. The van der Waals surface area contributed by atoms with E-state index in [1.54, 1.807) is 12.1 Å². The second-order valence-electron chi connectivity index (χ2n) is 6.11. The van der Waals surface area contributed by atoms with Crippen LogP contribution in [0.4, 0.5) is 4.39 Å². The zero-order valence-electron chi connectivity index (χ0n) is 12.8. The maximum absolute atomic E-state index is 13.8. The van der Waals surface area contributed by atoms with Gasteiger partial charge in [-0.1, -0.05) is 36.4 Å². The molecule has 0 radical (unpaired) electrons. The fourth-order valence-electron chi connectivity index (χ4n) is 3.28. The van der Waals surface area contributed by atoms with Crippen LogP contribution >= 0.6 is 0 Å². The Morgan fingerprint density at radius 1 is 1.17 bits per heavy atom. The molecule has 1 aromatic heterocycles. The number of para-hydroxylation sites is 1. The molecule has 2 unspecified atom stereocenters. The lowest BCUT2D eigenvalue weighted by atomic mass is 10.1. The van der Waals surface area contributed by atoms with E-state index >= 15 is 0 Å². The third-order valence-corrected chi connectivity index (χ3v) is 4.53. The van der Waals surface area contributed by atoms with Crippen molar-refractivity contribution in [1.29, 1.82) is 0 Å². The zero-order valence-corrected chi connectivity index (χ0v) is 12.8. The number of hydrogen-bond acceptors (Lipinski definition) is 1. The van der Waals surface area contributed by atoms with Crippen LogP contribution < -0.4 is 5.32 Å². The van der Waals surface area contributed by atoms with Crippen molar-refractivity contribution in [3.8, 4) is 0 Å². The lowest BCUT2D eigenvalue weighted by Gasteiger charge is -2.06. The van der Waals surface area contributed by atoms with Crippen LogP contribution in [0.5, 0.6) is 0 Å². The van der Waals surface area contributed by atoms with Gasteiger partial charge in [0.15, 0.2) is 0 Å². The van der Waals surface area contributed by atoms with E-state index in [4.69, 9.17) is 0 Å². The van der Waals surface area contributed by atoms with Gasteiger partial charge >= 0.3 is 0 Å². The SMILES string of the molecule is Cc1[nH]c2ccccc2c1C(=O)NC1CC1c1ccccc1F. The van der Waals surface area contributed by atoms with Gasteiger partial charge in [-0.15, -0.1) is 0 Å². The Kier molecular flexibility index (Phi) is 3.18. The van der Waals surface area contributed by atoms with E-state index in [-0.39, 0.29) is 23.7 Å². The largest absolute Gasteiger partial charge is 0.358 e. The number of H-pyrrole nitrogens is 1. The fraction of sp³-hybridized carbons (Fsp3) is 0.211. The van der Waals surface area contributed by atoms with Crippen LogP contribution in [0.25, 0.3) is 10.9 Å². The Balaban J connectivity index is 1.55. The highest BCUT2D eigenvalue weighted by atomic mass is 19.1. The van der Waals surface area contributed by atoms with Crippen LogP contribution in [0.1, 0.15) is 34.0 Å². The van der Waals surface area contributed by atoms with E-state index in [0.717, 1.165) is 23.0 Å². The molecule has 1 aliphatic rings. The maximum Gasteiger partial charge on any atom is 0.253 e. The second kappa shape index (κ2) is 5.23. The number of amides is 1. The maximum atomic E-state index is 13.8. The minimum atomic E-state index is -0.197. The van der Waals surface area contributed by atoms with Crippen molar-refractivity contribution >= 4 is 16.8 Å². The molecule has 4 heteroatoms. The quantitative estimate of drug-likeness (QED) is 0.757. The molecule has 1 aliphatic carbocycles. The minimum Gasteiger partial charge on any atom is -0.358 e. The molecule has 0 saturated heterocycles. The molecule has 0 bridgehead atoms. The first-order valence-corrected chi connectivity index (χ1v) is 7.77. The van der Waals surface area contributed by atoms with Crippen LogP contribution in [-0.2, 0) is 0 Å². The molecule has 1 heterocycles. The van der Waals surface area contributed by atoms with Gasteiger partial charge in [0.25, 0.3) is 5.91 Å². The summed E-state index contributed by atoms with van der Waals surface area (Å²) < 4.78 is 13.8. The van der Waals surface area contributed by atoms with E-state index in [2.05, 4.69) is 10.3 Å². The van der Waals surface area contributed by atoms with E-state index in [0.29, 0.717) is 11.1 Å². The third kappa shape index (κ3) is 2.40. The van der Waals surface area contributed by atoms with E-state index in [9.17, 15) is 9.18 Å². The minimum absolute atomic E-state index is 0.00691. The number of hydrogen-bond donors (Lipinski definition) is 2. The summed E-state index contributed by atoms with van der Waals surface area (Å²) in [5.41, 5.74) is 3.18. The summed E-state index contributed by atoms with van der Waals surface area (Å²) in [6, 6.07) is 14.5. The Morgan fingerprint density at radius 2 is 1.91 bits per heavy atom. The second-order valence-corrected chi connectivity index (χ2v) is 6.11. The number of aromatic nitrogens is 1. The predicted octanol–water partition coefficient (Wildman–Crippen LogP) is 3.90. The molecule has 0 aliphatic heterocycles. The number of aryl methyl sites for hydroxylation is 1. The summed E-state index contributed by atoms with van der Waals surface area (Å²) in [4.78, 5) is 15.9. The summed E-state index contributed by atoms with van der Waals surface area (Å²) in [5, 5.41) is 3.96. The van der Waals surface area contributed by atoms with Crippen LogP contribution in [0.2, 0.25) is 0 Å². The monoisotopic (exact) mass is 308 g/mol. The molecular weight excluding hydrogens is 291 g/mol. The smallest absolute Gasteiger partial charge is 0.253 e. The summed E-state index contributed by atoms with van der Waals surface area (Å²) in [6.45, 7) is 1.90. The zero-order chi connectivity index (χ0) is 16.0. The summed E-state index contributed by atoms with van der Waals surface area (Å²) in [7, 11) is 0. The molecule has 1 amide bonds. The van der Waals surface area contributed by atoms with Crippen molar-refractivity contribution in [2.75, 3.05) is 0 Å². The van der Waals surface area contributed by atoms with Crippen LogP contribution in [0.15, 0.2) is 48.5 Å². The molecule has 116 valence electrons. The molecular formula is C19H17FN2O. The molecule has 2 atom stereocenters. The number of carbonyl (C=O) groups is 1. The van der Waals surface area contributed by atoms with Crippen LogP contribution in [0, 0.1) is 12.7 Å². The van der Waals surface area contributed by atoms with Gasteiger partial charge in [-0.2, -0.15) is 0 Å². The topological polar surface area (TPSA) is 44.9 Å². The van der Waals surface area contributed by atoms with Crippen molar-refractivity contribution < 1.29 is 9.18 Å². The highest BCUT2D eigenvalue weighted by Gasteiger charge is 2.41. The third-order valence-electron chi connectivity index (χ3n) is 4.53. The molecule has 1 fully saturated rings. The Morgan fingerprint density at radius 3 is 2.74 bits per heavy atom. The van der Waals surface area contributed by atoms with Gasteiger partial charge in [0, 0.05) is 28.6 Å². The number of benzene rings is 2. The Hall–Kier alpha value is -2.62. The number of nitrogens with one attached hydrogen (secondary N) is 2. The van der Waals surface area contributed by atoms with Crippen LogP contribution in [0.3, 0.4) is 0 Å². The van der Waals surface area contributed by atoms with Gasteiger partial charge in [-0.25, -0.2) is 4.39 Å². The first kappa shape index (κ1) is 14.0. The molecule has 2 N–H and O–H groups in total. The number of fused-ring (bicyclic) bond motifs is 1. The molecule has 2 aromatic carbocycles. The van der Waals surface area contributed by atoms with Crippen molar-refractivity contribution in [1.82, 2.24) is 10.3 Å². The van der Waals surface area contributed by atoms with Gasteiger partial charge in [-0.3, -0.25) is 4.79 Å². The lowest BCUT2D eigenvalue weighted by molar-refractivity contribution is 0.0951. The number of halogens is 1. The van der Waals surface area contributed by atoms with Gasteiger partial charge in [-0.05, 0) is 31.0 Å². The summed E-state index contributed by atoms with van der Waals surface area (Å²) >= 11 is 0. The number of carbonyl (C=O) groups excluding carboxylic acids is 1. The fourth-order valence-corrected chi connectivity index (χ4v) is 3.28. The Bertz CT molecular complexity index is 899. The highest BCUT2D eigenvalue weighted by molar-refractivity contribution is 6.08. The van der Waals surface area contributed by atoms with Gasteiger partial charge in [0.1, 0.15) is 5.82 Å². The standard InChI is InChI=1S/C19H17FN2O/c1-11-18(13-7-3-5-9-16(13)21-11)19(23)22-17-10-14(17)12-6-2-4-8-15(12)20/h2-9,14,17,21H,10H2,1H3,(H,22,23). The number of rotatable bonds is 3. The first-order chi connectivity index (χ1) is 11.1. The highest BCUT2D eigenvalue weighted by Crippen LogP contribution is 2.42. The molecule has 23 heavy (non-hydrogen) atoms. The molecule has 3 nitrogen and oxygen atoms in total. The molecule has 4 rings (SSSR count). The lowest BCUT2D eigenvalue weighted by Crippen LogP contribution is -2.27. The first-order valence-electron chi connectivity index (χ1n) is 7.77. The van der Waals surface area contributed by atoms with Gasteiger partial charge in [0.05, 0.1) is 5.56 Å². The van der Waals surface area contributed by atoms with Gasteiger partial charge < -0.3 is 10.3 Å². The normalized spacial score (nSPS) is 19.7. The molecule has 1 saturated carbocycles.